The molecule has 0 aliphatic carbocycles. The molecule has 0 fully saturated rings. The Balaban J connectivity index is -0.000000305. The summed E-state index contributed by atoms with van der Waals surface area (Å²) in [6.07, 6.45) is 5.87. The zero-order chi connectivity index (χ0) is 63.4. The molecule has 0 heterocycles. The van der Waals surface area contributed by atoms with E-state index in [2.05, 4.69) is 91.3 Å². The highest BCUT2D eigenvalue weighted by Crippen LogP contribution is 1.98. The molecule has 15 N–H and O–H groups in total. The van der Waals surface area contributed by atoms with Crippen molar-refractivity contribution in [3.63, 3.8) is 0 Å². The molecule has 0 atom stereocenters. The van der Waals surface area contributed by atoms with Gasteiger partial charge in [-0.25, -0.2) is 0 Å². The minimum atomic E-state index is 0.0366. The van der Waals surface area contributed by atoms with Gasteiger partial charge in [0.25, 0.3) is 0 Å². The first-order valence-electron chi connectivity index (χ1n) is 28.7. The molecule has 0 amide bonds. The average molecular weight is 1190 g/mol. The Morgan fingerprint density at radius 3 is 0.829 bits per heavy atom. The van der Waals surface area contributed by atoms with Crippen molar-refractivity contribution in [2.24, 2.45) is 49.3 Å². The summed E-state index contributed by atoms with van der Waals surface area (Å²) in [6.45, 7) is 35.9. The lowest BCUT2D eigenvalue weighted by atomic mass is 10.3. The molecule has 0 spiro atoms. The van der Waals surface area contributed by atoms with Crippen molar-refractivity contribution in [2.45, 2.75) is 151 Å². The molecular weight excluding hydrogens is 1080 g/mol. The van der Waals surface area contributed by atoms with Crippen molar-refractivity contribution in [3.05, 3.63) is 52.1 Å². The second-order valence-corrected chi connectivity index (χ2v) is 19.8. The van der Waals surface area contributed by atoms with Gasteiger partial charge in [-0.1, -0.05) is 76.2 Å². The van der Waals surface area contributed by atoms with Crippen LogP contribution in [-0.4, -0.2) is 231 Å². The van der Waals surface area contributed by atoms with Crippen LogP contribution in [0.1, 0.15) is 121 Å². The van der Waals surface area contributed by atoms with Crippen LogP contribution in [0.15, 0.2) is 26.4 Å². The van der Waals surface area contributed by atoms with Crippen LogP contribution in [0, 0.1) is 52.1 Å². The van der Waals surface area contributed by atoms with E-state index in [4.69, 9.17) is 22.9 Å². The van der Waals surface area contributed by atoms with Gasteiger partial charge in [-0.2, -0.15) is 0 Å². The minimum absolute atomic E-state index is 0.0366. The van der Waals surface area contributed by atoms with E-state index < -0.39 is 0 Å². The van der Waals surface area contributed by atoms with E-state index in [1.54, 1.807) is 0 Å². The first-order valence-corrected chi connectivity index (χ1v) is 28.7. The largest absolute Gasteiger partial charge is 0.737 e. The van der Waals surface area contributed by atoms with E-state index in [0.29, 0.717) is 148 Å². The summed E-state index contributed by atoms with van der Waals surface area (Å²) < 4.78 is 0. The summed E-state index contributed by atoms with van der Waals surface area (Å²) in [5, 5.41) is 147. The van der Waals surface area contributed by atoms with Crippen LogP contribution in [0.2, 0.25) is 0 Å². The molecule has 0 bridgehead atoms. The fourth-order valence-corrected chi connectivity index (χ4v) is 6.46. The van der Waals surface area contributed by atoms with Crippen molar-refractivity contribution in [3.8, 4) is 0 Å². The first kappa shape index (κ1) is 85.4. The first-order chi connectivity index (χ1) is 39.1. The molecule has 0 aromatic carbocycles. The second kappa shape index (κ2) is 63.1. The average Bonchev–Trinajstić information content (AvgIpc) is 3.45. The Kier molecular flexibility index (Phi) is 65.7. The number of nitrogens with zero attached hydrogens (tertiary/aromatic N) is 15. The van der Waals surface area contributed by atoms with E-state index in [-0.39, 0.29) is 24.8 Å². The summed E-state index contributed by atoms with van der Waals surface area (Å²) in [7, 11) is 0. The van der Waals surface area contributed by atoms with Crippen LogP contribution in [0.3, 0.4) is 0 Å². The van der Waals surface area contributed by atoms with Crippen molar-refractivity contribution in [1.29, 1.82) is 0 Å². The lowest BCUT2D eigenvalue weighted by Gasteiger charge is -2.20. The monoisotopic (exact) mass is 1190 g/mol. The Morgan fingerprint density at radius 1 is 0.305 bits per heavy atom. The fraction of sp³-hybridized carbons (Fsp3) is 1.00. The zero-order valence-electron chi connectivity index (χ0n) is 51.7. The van der Waals surface area contributed by atoms with Gasteiger partial charge in [0.05, 0.1) is 65.4 Å². The molecule has 82 heavy (non-hydrogen) atoms. The second-order valence-electron chi connectivity index (χ2n) is 19.8. The Labute approximate surface area is 489 Å². The predicted octanol–water partition coefficient (Wildman–Crippen LogP) is 1.07. The minimum Gasteiger partial charge on any atom is -0.737 e. The summed E-state index contributed by atoms with van der Waals surface area (Å²) >= 11 is 0. The summed E-state index contributed by atoms with van der Waals surface area (Å²) in [5.74, 6) is 0. The van der Waals surface area contributed by atoms with Crippen LogP contribution in [-0.2, 0) is 0 Å². The molecule has 36 nitrogen and oxygen atoms in total. The fourth-order valence-electron chi connectivity index (χ4n) is 6.46. The molecule has 0 saturated heterocycles. The smallest absolute Gasteiger partial charge is 0.0892 e. The third kappa shape index (κ3) is 60.7. The van der Waals surface area contributed by atoms with Crippen molar-refractivity contribution >= 4 is 0 Å². The highest BCUT2D eigenvalue weighted by atomic mass is 16.6. The molecule has 0 unspecified atom stereocenters. The quantitative estimate of drug-likeness (QED) is 0.0176. The molecule has 0 aromatic heterocycles. The van der Waals surface area contributed by atoms with Crippen LogP contribution in [0.25, 0.3) is 0 Å². The number of hydrogen-bond acceptors (Lipinski definition) is 26. The summed E-state index contributed by atoms with van der Waals surface area (Å²) in [6, 6.07) is 2.01. The third-order valence-electron chi connectivity index (χ3n) is 10.5. The van der Waals surface area contributed by atoms with E-state index in [9.17, 15) is 52.1 Å². The van der Waals surface area contributed by atoms with E-state index in [0.717, 1.165) is 77.8 Å². The van der Waals surface area contributed by atoms with Crippen LogP contribution in [0.4, 0.5) is 0 Å². The van der Waals surface area contributed by atoms with Crippen molar-refractivity contribution in [2.75, 3.05) is 151 Å². The van der Waals surface area contributed by atoms with Gasteiger partial charge in [-0.05, 0) is 124 Å². The molecule has 0 rings (SSSR count). The van der Waals surface area contributed by atoms with Crippen molar-refractivity contribution in [1.82, 2.24) is 62.3 Å². The Bertz CT molecular complexity index is 1420. The number of nitrogens with one attached hydrogen (secondary N) is 7. The standard InChI is InChI=1S/2C12H30N6O2.C8H20N4O2.2C7H19N5O2/c1-12(2)15-9-4-7-14-8-5-11-17(10-3-6-13)18(20)16-19;1-12(2)15-9-5-11-17(18(20)16-19)10-4-8-14-7-3-6-13;1-4-6-11(12(14)10-13)7-5-9-8(2)3;2*1-7(2)9-4-6-11(5-3-8)12(14)10-13/h2*12,14-15,19H,3-11,13H2,1-2H3;8-9,13H,4-7H2,1-3H3;2*7,9,13H,3-6,8H2,1-2H3/p-5/b2*18-16-;3*12-10-. The van der Waals surface area contributed by atoms with E-state index in [1.807, 2.05) is 48.5 Å². The number of nitrogens with two attached hydrogens (primary N) is 4. The van der Waals surface area contributed by atoms with Gasteiger partial charge >= 0.3 is 0 Å². The Hall–Kier alpha value is -5.44. The maximum absolute atomic E-state index is 11.3. The molecule has 0 aromatic rings. The van der Waals surface area contributed by atoms with Crippen LogP contribution in [0.5, 0.6) is 0 Å². The van der Waals surface area contributed by atoms with Gasteiger partial charge in [0.15, 0.2) is 0 Å². The molecule has 36 heteroatoms. The summed E-state index contributed by atoms with van der Waals surface area (Å²) in [4.78, 5) is 0.451. The summed E-state index contributed by atoms with van der Waals surface area (Å²) in [5.41, 5.74) is 21.3. The molecule has 492 valence electrons. The lowest BCUT2D eigenvalue weighted by Crippen LogP contribution is -2.41. The van der Waals surface area contributed by atoms with Gasteiger partial charge in [0.2, 0.25) is 0 Å². The molecule has 0 radical (unpaired) electrons. The van der Waals surface area contributed by atoms with Gasteiger partial charge in [-0.15, -0.1) is 25.0 Å². The number of rotatable bonds is 47. The van der Waals surface area contributed by atoms with Gasteiger partial charge in [-0.3, -0.25) is 0 Å². The van der Waals surface area contributed by atoms with Crippen molar-refractivity contribution < 1.29 is 24.8 Å². The SMILES string of the molecule is CC(C)NCCCN(CCCNCCCN)/[N+]([O-])=N/[O-].CC(C)NCCCNCCCN(CCCN)/[N+]([O-])=N/[O-].CC(C)NCCN(CCN)/[N+]([O-])=N/[O-].CC(C)NCCN(CCN)/[N+]([O-])=N/[O-].CCCN(CCNC(C)C)/[N+]([O-])=N/[O-]. The maximum Gasteiger partial charge on any atom is 0.0892 e. The topological polar surface area (TPSA) is 512 Å². The normalized spacial score (nSPS) is 12.1. The highest BCUT2D eigenvalue weighted by molar-refractivity contribution is 4.60. The lowest BCUT2D eigenvalue weighted by molar-refractivity contribution is -0.690. The third-order valence-corrected chi connectivity index (χ3v) is 10.5. The van der Waals surface area contributed by atoms with Gasteiger partial charge in [0, 0.05) is 87.8 Å². The number of hydrazine groups is 5. The molecular formula is C46H113N26O10-5. The van der Waals surface area contributed by atoms with Gasteiger partial charge in [0.1, 0.15) is 0 Å². The van der Waals surface area contributed by atoms with E-state index in [1.165, 1.54) is 25.0 Å². The van der Waals surface area contributed by atoms with Crippen LogP contribution < -0.4 is 60.2 Å². The Morgan fingerprint density at radius 2 is 0.549 bits per heavy atom. The van der Waals surface area contributed by atoms with Crippen LogP contribution >= 0.6 is 0 Å². The highest BCUT2D eigenvalue weighted by Gasteiger charge is 2.14. The van der Waals surface area contributed by atoms with E-state index >= 15 is 0 Å². The molecule has 0 aliphatic heterocycles. The zero-order valence-corrected chi connectivity index (χ0v) is 51.7. The maximum atomic E-state index is 11.3. The molecule has 0 aliphatic rings. The van der Waals surface area contributed by atoms with Gasteiger partial charge < -0.3 is 112 Å². The molecule has 0 saturated carbocycles. The number of hydrogen-bond donors (Lipinski definition) is 11. The predicted molar refractivity (Wildman–Crippen MR) is 321 cm³/mol.